The molecule has 0 radical (unpaired) electrons. The van der Waals surface area contributed by atoms with Gasteiger partial charge < -0.3 is 10.0 Å². The smallest absolute Gasteiger partial charge is 0.115 e. The summed E-state index contributed by atoms with van der Waals surface area (Å²) in [4.78, 5) is 2.29. The van der Waals surface area contributed by atoms with Gasteiger partial charge in [0.25, 0.3) is 0 Å². The molecular weight excluding hydrogens is 214 g/mol. The summed E-state index contributed by atoms with van der Waals surface area (Å²) in [7, 11) is 2.12. The zero-order valence-corrected chi connectivity index (χ0v) is 9.80. The Hall–Kier alpha value is -1.81. The molecule has 0 bridgehead atoms. The molecule has 1 aliphatic rings. The van der Waals surface area contributed by atoms with E-state index in [9.17, 15) is 5.11 Å². The van der Waals surface area contributed by atoms with Gasteiger partial charge in [-0.1, -0.05) is 0 Å². The highest BCUT2D eigenvalue weighted by molar-refractivity contribution is 5.39. The van der Waals surface area contributed by atoms with E-state index in [1.54, 1.807) is 12.1 Å². The predicted molar refractivity (Wildman–Crippen MR) is 65.3 cm³/mol. The minimum absolute atomic E-state index is 0.284. The Morgan fingerprint density at radius 1 is 1.24 bits per heavy atom. The Bertz CT molecular complexity index is 530. The van der Waals surface area contributed by atoms with Crippen LogP contribution in [0.25, 0.3) is 5.69 Å². The molecule has 0 fully saturated rings. The Balaban J connectivity index is 2.04. The van der Waals surface area contributed by atoms with Crippen LogP contribution in [0.3, 0.4) is 0 Å². The molecular formula is C13H15N3O. The van der Waals surface area contributed by atoms with E-state index in [1.807, 2.05) is 23.0 Å². The Labute approximate surface area is 100 Å². The topological polar surface area (TPSA) is 41.3 Å². The first-order valence-corrected chi connectivity index (χ1v) is 5.78. The standard InChI is InChI=1S/C13H15N3O/c1-15-7-6-10-8-14-16(13(10)9-15)11-2-4-12(17)5-3-11/h2-5,8,17H,6-7,9H2,1H3. The summed E-state index contributed by atoms with van der Waals surface area (Å²) in [5.41, 5.74) is 3.58. The van der Waals surface area contributed by atoms with Gasteiger partial charge in [-0.05, 0) is 43.3 Å². The highest BCUT2D eigenvalue weighted by atomic mass is 16.3. The third-order valence-corrected chi connectivity index (χ3v) is 3.23. The molecule has 3 rings (SSSR count). The molecule has 0 saturated heterocycles. The molecule has 0 amide bonds. The fraction of sp³-hybridized carbons (Fsp3) is 0.308. The number of fused-ring (bicyclic) bond motifs is 1. The number of rotatable bonds is 1. The quantitative estimate of drug-likeness (QED) is 0.807. The molecule has 2 heterocycles. The number of benzene rings is 1. The molecule has 0 atom stereocenters. The van der Waals surface area contributed by atoms with Gasteiger partial charge in [0, 0.05) is 13.1 Å². The van der Waals surface area contributed by atoms with E-state index in [4.69, 9.17) is 0 Å². The van der Waals surface area contributed by atoms with Gasteiger partial charge in [-0.15, -0.1) is 0 Å². The summed E-state index contributed by atoms with van der Waals surface area (Å²) >= 11 is 0. The van der Waals surface area contributed by atoms with Crippen molar-refractivity contribution in [3.63, 3.8) is 0 Å². The first kappa shape index (κ1) is 10.4. The minimum Gasteiger partial charge on any atom is -0.508 e. The minimum atomic E-state index is 0.284. The van der Waals surface area contributed by atoms with E-state index in [2.05, 4.69) is 17.0 Å². The van der Waals surface area contributed by atoms with Gasteiger partial charge in [0.05, 0.1) is 17.6 Å². The molecule has 88 valence electrons. The first-order chi connectivity index (χ1) is 8.24. The van der Waals surface area contributed by atoms with Gasteiger partial charge in [-0.3, -0.25) is 0 Å². The van der Waals surface area contributed by atoms with Crippen molar-refractivity contribution in [2.45, 2.75) is 13.0 Å². The van der Waals surface area contributed by atoms with Crippen molar-refractivity contribution in [1.29, 1.82) is 0 Å². The van der Waals surface area contributed by atoms with E-state index in [-0.39, 0.29) is 5.75 Å². The van der Waals surface area contributed by atoms with Crippen molar-refractivity contribution in [2.24, 2.45) is 0 Å². The van der Waals surface area contributed by atoms with E-state index >= 15 is 0 Å². The molecule has 0 saturated carbocycles. The predicted octanol–water partition coefficient (Wildman–Crippen LogP) is 1.57. The van der Waals surface area contributed by atoms with Gasteiger partial charge in [-0.25, -0.2) is 4.68 Å². The number of hydrogen-bond acceptors (Lipinski definition) is 3. The second kappa shape index (κ2) is 3.89. The van der Waals surface area contributed by atoms with Crippen LogP contribution >= 0.6 is 0 Å². The summed E-state index contributed by atoms with van der Waals surface area (Å²) in [6.45, 7) is 2.02. The highest BCUT2D eigenvalue weighted by Gasteiger charge is 2.18. The molecule has 1 aromatic carbocycles. The summed E-state index contributed by atoms with van der Waals surface area (Å²) in [5, 5.41) is 13.7. The Morgan fingerprint density at radius 3 is 2.76 bits per heavy atom. The molecule has 2 aromatic rings. The van der Waals surface area contributed by atoms with Crippen molar-refractivity contribution >= 4 is 0 Å². The third kappa shape index (κ3) is 1.80. The third-order valence-electron chi connectivity index (χ3n) is 3.23. The van der Waals surface area contributed by atoms with Crippen LogP contribution in [0, 0.1) is 0 Å². The fourth-order valence-corrected chi connectivity index (χ4v) is 2.25. The number of aromatic nitrogens is 2. The number of nitrogens with zero attached hydrogens (tertiary/aromatic N) is 3. The zero-order valence-electron chi connectivity index (χ0n) is 9.80. The van der Waals surface area contributed by atoms with Gasteiger partial charge in [0.1, 0.15) is 5.75 Å². The average molecular weight is 229 g/mol. The van der Waals surface area contributed by atoms with Crippen molar-refractivity contribution in [2.75, 3.05) is 13.6 Å². The lowest BCUT2D eigenvalue weighted by Gasteiger charge is -2.23. The number of hydrogen-bond donors (Lipinski definition) is 1. The maximum Gasteiger partial charge on any atom is 0.115 e. The molecule has 17 heavy (non-hydrogen) atoms. The van der Waals surface area contributed by atoms with Gasteiger partial charge in [0.2, 0.25) is 0 Å². The zero-order chi connectivity index (χ0) is 11.8. The van der Waals surface area contributed by atoms with Gasteiger partial charge >= 0.3 is 0 Å². The largest absolute Gasteiger partial charge is 0.508 e. The van der Waals surface area contributed by atoms with E-state index in [0.29, 0.717) is 0 Å². The van der Waals surface area contributed by atoms with Gasteiger partial charge in [-0.2, -0.15) is 5.10 Å². The summed E-state index contributed by atoms with van der Waals surface area (Å²) in [5.74, 6) is 0.284. The molecule has 1 aliphatic heterocycles. The highest BCUT2D eigenvalue weighted by Crippen LogP contribution is 2.22. The maximum atomic E-state index is 9.30. The molecule has 0 spiro atoms. The normalized spacial score (nSPS) is 15.8. The lowest BCUT2D eigenvalue weighted by Crippen LogP contribution is -2.27. The molecule has 4 heteroatoms. The van der Waals surface area contributed by atoms with Crippen LogP contribution in [0.15, 0.2) is 30.5 Å². The lowest BCUT2D eigenvalue weighted by molar-refractivity contribution is 0.305. The first-order valence-electron chi connectivity index (χ1n) is 5.78. The second-order valence-corrected chi connectivity index (χ2v) is 4.53. The summed E-state index contributed by atoms with van der Waals surface area (Å²) in [6, 6.07) is 7.15. The van der Waals surface area contributed by atoms with Crippen LogP contribution in [0.1, 0.15) is 11.3 Å². The second-order valence-electron chi connectivity index (χ2n) is 4.53. The molecule has 0 aliphatic carbocycles. The number of phenols is 1. The van der Waals surface area contributed by atoms with Crippen molar-refractivity contribution in [3.8, 4) is 11.4 Å². The molecule has 0 unspecified atom stereocenters. The van der Waals surface area contributed by atoms with E-state index in [0.717, 1.165) is 25.2 Å². The van der Waals surface area contributed by atoms with Crippen LogP contribution in [0.4, 0.5) is 0 Å². The SMILES string of the molecule is CN1CCc2cnn(-c3ccc(O)cc3)c2C1. The maximum absolute atomic E-state index is 9.30. The van der Waals surface area contributed by atoms with Crippen LogP contribution in [-0.4, -0.2) is 33.4 Å². The van der Waals surface area contributed by atoms with Crippen LogP contribution < -0.4 is 0 Å². The van der Waals surface area contributed by atoms with Crippen LogP contribution in [0.2, 0.25) is 0 Å². The summed E-state index contributed by atoms with van der Waals surface area (Å²) in [6.07, 6.45) is 3.01. The van der Waals surface area contributed by atoms with Crippen molar-refractivity contribution in [1.82, 2.24) is 14.7 Å². The van der Waals surface area contributed by atoms with Crippen molar-refractivity contribution < 1.29 is 5.11 Å². The van der Waals surface area contributed by atoms with Crippen LogP contribution in [0.5, 0.6) is 5.75 Å². The van der Waals surface area contributed by atoms with E-state index in [1.165, 1.54) is 11.3 Å². The molecule has 1 aromatic heterocycles. The number of phenolic OH excluding ortho intramolecular Hbond substituents is 1. The Kier molecular flexibility index (Phi) is 2.37. The number of aromatic hydroxyl groups is 1. The number of likely N-dealkylation sites (N-methyl/N-ethyl adjacent to an activating group) is 1. The lowest BCUT2D eigenvalue weighted by atomic mass is 10.1. The van der Waals surface area contributed by atoms with E-state index < -0.39 is 0 Å². The monoisotopic (exact) mass is 229 g/mol. The summed E-state index contributed by atoms with van der Waals surface area (Å²) < 4.78 is 1.96. The Morgan fingerprint density at radius 2 is 2.00 bits per heavy atom. The fourth-order valence-electron chi connectivity index (χ4n) is 2.25. The molecule has 4 nitrogen and oxygen atoms in total. The average Bonchev–Trinajstić information content (AvgIpc) is 2.73. The van der Waals surface area contributed by atoms with Crippen LogP contribution in [-0.2, 0) is 13.0 Å². The van der Waals surface area contributed by atoms with Gasteiger partial charge in [0.15, 0.2) is 0 Å². The van der Waals surface area contributed by atoms with Crippen molar-refractivity contribution in [3.05, 3.63) is 41.7 Å². The molecule has 1 N–H and O–H groups in total.